The van der Waals surface area contributed by atoms with Crippen LogP contribution in [0.2, 0.25) is 5.02 Å². The van der Waals surface area contributed by atoms with Crippen LogP contribution in [0.25, 0.3) is 0 Å². The number of carbonyl (C=O) groups is 1. The van der Waals surface area contributed by atoms with Crippen LogP contribution in [-0.2, 0) is 10.3 Å². The summed E-state index contributed by atoms with van der Waals surface area (Å²) in [5, 5.41) is 26.9. The van der Waals surface area contributed by atoms with Gasteiger partial charge in [0, 0.05) is 5.69 Å². The van der Waals surface area contributed by atoms with Crippen molar-refractivity contribution in [1.29, 1.82) is 0 Å². The van der Waals surface area contributed by atoms with Crippen LogP contribution in [0.15, 0.2) is 35.3 Å². The third kappa shape index (κ3) is 2.82. The number of hydrogen-bond donors (Lipinski definition) is 3. The summed E-state index contributed by atoms with van der Waals surface area (Å²) in [5.41, 5.74) is -0.237. The fraction of sp³-hybridized carbons (Fsp3) is 0.476. The van der Waals surface area contributed by atoms with Crippen LogP contribution < -0.4 is 10.9 Å². The highest BCUT2D eigenvalue weighted by Crippen LogP contribution is 2.61. The van der Waals surface area contributed by atoms with Crippen molar-refractivity contribution in [1.82, 2.24) is 9.78 Å². The molecule has 4 aliphatic rings. The van der Waals surface area contributed by atoms with Crippen molar-refractivity contribution in [3.8, 4) is 5.75 Å². The molecule has 6 rings (SSSR count). The fourth-order valence-corrected chi connectivity index (χ4v) is 6.45. The van der Waals surface area contributed by atoms with Crippen molar-refractivity contribution >= 4 is 28.9 Å². The zero-order valence-corrected chi connectivity index (χ0v) is 16.5. The van der Waals surface area contributed by atoms with Crippen LogP contribution in [0.4, 0.5) is 11.4 Å². The smallest absolute Gasteiger partial charge is 0.309 e. The van der Waals surface area contributed by atoms with Crippen molar-refractivity contribution in [2.24, 2.45) is 23.7 Å². The van der Waals surface area contributed by atoms with E-state index in [1.807, 2.05) is 0 Å². The van der Waals surface area contributed by atoms with E-state index in [9.17, 15) is 19.8 Å². The van der Waals surface area contributed by atoms with Gasteiger partial charge in [-0.15, -0.1) is 0 Å². The average Bonchev–Trinajstić information content (AvgIpc) is 2.66. The molecule has 29 heavy (non-hydrogen) atoms. The Morgan fingerprint density at radius 1 is 1.17 bits per heavy atom. The SMILES string of the molecule is O=C(O)[C@H]1C2C[C@@H]3C[C@@H](C2)CC1(n1ncc(Nc2ccc(O)cc2)c(Cl)c1=O)C3. The minimum atomic E-state index is -0.843. The van der Waals surface area contributed by atoms with E-state index < -0.39 is 23.0 Å². The summed E-state index contributed by atoms with van der Waals surface area (Å²) >= 11 is 6.41. The van der Waals surface area contributed by atoms with Gasteiger partial charge in [0.05, 0.1) is 23.3 Å². The Hall–Kier alpha value is -2.54. The van der Waals surface area contributed by atoms with E-state index in [0.717, 1.165) is 19.3 Å². The topological polar surface area (TPSA) is 104 Å². The maximum atomic E-state index is 13.2. The second-order valence-corrected chi connectivity index (χ2v) is 9.17. The molecule has 3 atom stereocenters. The fourth-order valence-electron chi connectivity index (χ4n) is 6.27. The molecule has 0 aliphatic heterocycles. The first-order valence-electron chi connectivity index (χ1n) is 9.94. The molecule has 0 spiro atoms. The summed E-state index contributed by atoms with van der Waals surface area (Å²) in [5.74, 6) is -0.314. The lowest BCUT2D eigenvalue weighted by atomic mass is 9.48. The molecule has 0 saturated heterocycles. The third-order valence-electron chi connectivity index (χ3n) is 7.03. The molecule has 4 bridgehead atoms. The van der Waals surface area contributed by atoms with Gasteiger partial charge in [0.25, 0.3) is 5.56 Å². The van der Waals surface area contributed by atoms with Crippen molar-refractivity contribution in [3.05, 3.63) is 45.8 Å². The number of nitrogens with one attached hydrogen (secondary N) is 1. The number of halogens is 1. The van der Waals surface area contributed by atoms with Gasteiger partial charge in [-0.25, -0.2) is 4.68 Å². The number of phenolic OH excluding ortho intramolecular Hbond substituents is 1. The quantitative estimate of drug-likeness (QED) is 0.659. The van der Waals surface area contributed by atoms with Gasteiger partial charge in [-0.1, -0.05) is 11.6 Å². The summed E-state index contributed by atoms with van der Waals surface area (Å²) in [4.78, 5) is 25.4. The molecule has 2 aromatic rings. The van der Waals surface area contributed by atoms with Gasteiger partial charge >= 0.3 is 5.97 Å². The molecule has 8 heteroatoms. The van der Waals surface area contributed by atoms with Crippen LogP contribution in [0, 0.1) is 23.7 Å². The molecule has 152 valence electrons. The van der Waals surface area contributed by atoms with Gasteiger partial charge in [0.15, 0.2) is 0 Å². The third-order valence-corrected chi connectivity index (χ3v) is 7.39. The van der Waals surface area contributed by atoms with E-state index in [2.05, 4.69) is 10.4 Å². The lowest BCUT2D eigenvalue weighted by molar-refractivity contribution is -0.168. The number of anilines is 2. The highest BCUT2D eigenvalue weighted by molar-refractivity contribution is 6.33. The summed E-state index contributed by atoms with van der Waals surface area (Å²) < 4.78 is 1.38. The van der Waals surface area contributed by atoms with Gasteiger partial charge in [0.1, 0.15) is 10.8 Å². The molecular weight excluding hydrogens is 394 g/mol. The van der Waals surface area contributed by atoms with E-state index in [-0.39, 0.29) is 16.7 Å². The van der Waals surface area contributed by atoms with E-state index in [1.165, 1.54) is 23.0 Å². The molecule has 1 heterocycles. The monoisotopic (exact) mass is 415 g/mol. The van der Waals surface area contributed by atoms with Gasteiger partial charge < -0.3 is 15.5 Å². The molecular formula is C21H22ClN3O4. The van der Waals surface area contributed by atoms with E-state index in [4.69, 9.17) is 11.6 Å². The summed E-state index contributed by atoms with van der Waals surface area (Å²) in [6, 6.07) is 6.38. The van der Waals surface area contributed by atoms with E-state index in [0.29, 0.717) is 36.1 Å². The number of aromatic nitrogens is 2. The molecule has 4 saturated carbocycles. The minimum Gasteiger partial charge on any atom is -0.508 e. The van der Waals surface area contributed by atoms with Gasteiger partial charge in [-0.05, 0) is 74.1 Å². The van der Waals surface area contributed by atoms with Crippen molar-refractivity contribution in [2.45, 2.75) is 37.6 Å². The molecule has 0 amide bonds. The zero-order valence-electron chi connectivity index (χ0n) is 15.7. The van der Waals surface area contributed by atoms with E-state index >= 15 is 0 Å². The number of rotatable bonds is 4. The summed E-state index contributed by atoms with van der Waals surface area (Å²) in [6.07, 6.45) is 5.81. The van der Waals surface area contributed by atoms with Crippen LogP contribution in [0.5, 0.6) is 5.75 Å². The Balaban J connectivity index is 1.55. The second-order valence-electron chi connectivity index (χ2n) is 8.79. The van der Waals surface area contributed by atoms with Gasteiger partial charge in [-0.2, -0.15) is 5.10 Å². The van der Waals surface area contributed by atoms with Crippen LogP contribution in [0.3, 0.4) is 0 Å². The molecule has 7 nitrogen and oxygen atoms in total. The maximum Gasteiger partial charge on any atom is 0.309 e. The van der Waals surface area contributed by atoms with Gasteiger partial charge in [-0.3, -0.25) is 9.59 Å². The van der Waals surface area contributed by atoms with Crippen molar-refractivity contribution < 1.29 is 15.0 Å². The van der Waals surface area contributed by atoms with Crippen molar-refractivity contribution in [2.75, 3.05) is 5.32 Å². The van der Waals surface area contributed by atoms with Gasteiger partial charge in [0.2, 0.25) is 0 Å². The molecule has 0 unspecified atom stereocenters. The lowest BCUT2D eigenvalue weighted by Crippen LogP contribution is -2.63. The highest BCUT2D eigenvalue weighted by Gasteiger charge is 2.61. The normalized spacial score (nSPS) is 32.3. The Kier molecular flexibility index (Phi) is 4.13. The first kappa shape index (κ1) is 18.5. The number of benzene rings is 1. The number of aromatic hydroxyl groups is 1. The molecule has 0 radical (unpaired) electrons. The lowest BCUT2D eigenvalue weighted by Gasteiger charge is -2.59. The van der Waals surface area contributed by atoms with Crippen LogP contribution in [0.1, 0.15) is 32.1 Å². The zero-order chi connectivity index (χ0) is 20.3. The van der Waals surface area contributed by atoms with Crippen molar-refractivity contribution in [3.63, 3.8) is 0 Å². The molecule has 3 N–H and O–H groups in total. The first-order valence-corrected chi connectivity index (χ1v) is 10.3. The molecule has 1 aromatic heterocycles. The Morgan fingerprint density at radius 2 is 1.83 bits per heavy atom. The molecule has 4 fully saturated rings. The Labute approximate surface area is 172 Å². The average molecular weight is 416 g/mol. The number of nitrogens with zero attached hydrogens (tertiary/aromatic N) is 2. The molecule has 4 aliphatic carbocycles. The Bertz CT molecular complexity index is 1020. The van der Waals surface area contributed by atoms with E-state index in [1.54, 1.807) is 12.1 Å². The standard InChI is InChI=1S/C21H22ClN3O4/c22-18-16(24-14-1-3-15(26)4-2-14)10-23-25(19(18)27)21-8-11-5-12(9-21)7-13(6-11)17(21)20(28)29/h1-4,10-13,17,24,26H,5-9H2,(H,28,29)/t11-,12-,13?,17+,21?/m0/s1. The largest absolute Gasteiger partial charge is 0.508 e. The number of aliphatic carboxylic acids is 1. The number of carboxylic acid groups (broad SMARTS) is 1. The minimum absolute atomic E-state index is 0.00652. The number of carboxylic acids is 1. The second kappa shape index (κ2) is 6.49. The predicted octanol–water partition coefficient (Wildman–Crippen LogP) is 3.58. The first-order chi connectivity index (χ1) is 13.9. The number of phenols is 1. The summed E-state index contributed by atoms with van der Waals surface area (Å²) in [7, 11) is 0. The summed E-state index contributed by atoms with van der Waals surface area (Å²) in [6.45, 7) is 0. The Morgan fingerprint density at radius 3 is 2.45 bits per heavy atom. The number of hydrogen-bond acceptors (Lipinski definition) is 5. The van der Waals surface area contributed by atoms with Crippen LogP contribution in [-0.4, -0.2) is 26.0 Å². The highest BCUT2D eigenvalue weighted by atomic mass is 35.5. The maximum absolute atomic E-state index is 13.2. The van der Waals surface area contributed by atoms with Crippen LogP contribution >= 0.6 is 11.6 Å². The predicted molar refractivity (Wildman–Crippen MR) is 108 cm³/mol. The molecule has 1 aromatic carbocycles.